The number of aromatic hydroxyl groups is 2. The van der Waals surface area contributed by atoms with Crippen LogP contribution in [0.4, 0.5) is 0 Å². The first-order chi connectivity index (χ1) is 11.4. The van der Waals surface area contributed by atoms with E-state index in [2.05, 4.69) is 9.47 Å². The van der Waals surface area contributed by atoms with Crippen LogP contribution in [-0.2, 0) is 25.5 Å². The summed E-state index contributed by atoms with van der Waals surface area (Å²) >= 11 is 0. The van der Waals surface area contributed by atoms with E-state index in [1.807, 2.05) is 0 Å². The Bertz CT molecular complexity index is 823. The highest BCUT2D eigenvalue weighted by atomic mass is 16.5. The van der Waals surface area contributed by atoms with Crippen LogP contribution in [0.15, 0.2) is 24.3 Å². The number of rotatable bonds is 5. The third kappa shape index (κ3) is 3.29. The predicted octanol–water partition coefficient (Wildman–Crippen LogP) is 1.71. The van der Waals surface area contributed by atoms with E-state index >= 15 is 0 Å². The van der Waals surface area contributed by atoms with Gasteiger partial charge in [0.15, 0.2) is 0 Å². The second kappa shape index (κ2) is 6.99. The molecule has 2 aromatic carbocycles. The molecule has 2 rings (SSSR count). The average Bonchev–Trinajstić information content (AvgIpc) is 2.54. The van der Waals surface area contributed by atoms with Gasteiger partial charge in [0, 0.05) is 6.42 Å². The highest BCUT2D eigenvalue weighted by Gasteiger charge is 2.23. The van der Waals surface area contributed by atoms with Crippen LogP contribution in [0.3, 0.4) is 0 Å². The zero-order chi connectivity index (χ0) is 17.9. The van der Waals surface area contributed by atoms with E-state index in [4.69, 9.17) is 0 Å². The molecule has 0 radical (unpaired) electrons. The van der Waals surface area contributed by atoms with E-state index in [1.54, 1.807) is 12.1 Å². The molecule has 126 valence electrons. The summed E-state index contributed by atoms with van der Waals surface area (Å²) in [4.78, 5) is 35.2. The van der Waals surface area contributed by atoms with Gasteiger partial charge in [0.05, 0.1) is 19.6 Å². The largest absolute Gasteiger partial charge is 0.507 e. The zero-order valence-electron chi connectivity index (χ0n) is 13.2. The highest BCUT2D eigenvalue weighted by Crippen LogP contribution is 2.38. The lowest BCUT2D eigenvalue weighted by molar-refractivity contribution is -0.143. The lowest BCUT2D eigenvalue weighted by Crippen LogP contribution is -2.14. The molecule has 7 heteroatoms. The molecular weight excluding hydrogens is 316 g/mol. The molecule has 0 heterocycles. The Hall–Kier alpha value is -3.09. The van der Waals surface area contributed by atoms with Crippen molar-refractivity contribution >= 4 is 28.5 Å². The van der Waals surface area contributed by atoms with Gasteiger partial charge in [-0.15, -0.1) is 0 Å². The number of phenols is 2. The molecule has 2 N–H and O–H groups in total. The Labute approximate surface area is 137 Å². The Morgan fingerprint density at radius 2 is 1.79 bits per heavy atom. The van der Waals surface area contributed by atoms with E-state index in [1.165, 1.54) is 19.2 Å². The van der Waals surface area contributed by atoms with Crippen LogP contribution in [0.25, 0.3) is 10.8 Å². The number of phenolic OH excluding ortho intramolecular Hbond substituents is 2. The predicted molar refractivity (Wildman–Crippen MR) is 84.0 cm³/mol. The number of Topliss-reactive ketones (excluding diaryl/α,β-unsaturated/α-hetero) is 1. The molecule has 2 aromatic rings. The zero-order valence-corrected chi connectivity index (χ0v) is 13.2. The Morgan fingerprint density at radius 3 is 2.42 bits per heavy atom. The summed E-state index contributed by atoms with van der Waals surface area (Å²) in [6.45, 7) is 0. The summed E-state index contributed by atoms with van der Waals surface area (Å²) in [5.41, 5.74) is -0.0175. The SMILES string of the molecule is COC(=O)CC(=O)Cc1cc2cccc(O)c2c(O)c1C(=O)OC. The standard InChI is InChI=1S/C17H16O7/c1-23-13(20)8-11(18)7-10-6-9-4-3-5-12(19)14(9)16(21)15(10)17(22)24-2/h3-6,19,21H,7-8H2,1-2H3. The van der Waals surface area contributed by atoms with Crippen molar-refractivity contribution in [1.82, 2.24) is 0 Å². The van der Waals surface area contributed by atoms with Gasteiger partial charge >= 0.3 is 11.9 Å². The molecule has 0 fully saturated rings. The molecule has 0 aliphatic carbocycles. The maximum atomic E-state index is 12.0. The van der Waals surface area contributed by atoms with Crippen molar-refractivity contribution in [3.05, 3.63) is 35.4 Å². The van der Waals surface area contributed by atoms with Gasteiger partial charge in [-0.2, -0.15) is 0 Å². The first kappa shape index (κ1) is 17.3. The molecule has 24 heavy (non-hydrogen) atoms. The van der Waals surface area contributed by atoms with Gasteiger partial charge in [0.2, 0.25) is 0 Å². The molecule has 0 aliphatic rings. The van der Waals surface area contributed by atoms with Crippen LogP contribution in [-0.4, -0.2) is 42.2 Å². The molecular formula is C17H16O7. The lowest BCUT2D eigenvalue weighted by atomic mass is 9.95. The Kier molecular flexibility index (Phi) is 5.03. The lowest BCUT2D eigenvalue weighted by Gasteiger charge is -2.13. The van der Waals surface area contributed by atoms with Crippen molar-refractivity contribution < 1.29 is 34.1 Å². The van der Waals surface area contributed by atoms with Crippen LogP contribution < -0.4 is 0 Å². The van der Waals surface area contributed by atoms with Gasteiger partial charge in [-0.3, -0.25) is 9.59 Å². The van der Waals surface area contributed by atoms with Crippen molar-refractivity contribution in [3.8, 4) is 11.5 Å². The molecule has 0 amide bonds. The van der Waals surface area contributed by atoms with Gasteiger partial charge in [-0.1, -0.05) is 12.1 Å². The highest BCUT2D eigenvalue weighted by molar-refractivity contribution is 6.06. The number of ether oxygens (including phenoxy) is 2. The fraction of sp³-hybridized carbons (Fsp3) is 0.235. The summed E-state index contributed by atoms with van der Waals surface area (Å²) in [7, 11) is 2.30. The van der Waals surface area contributed by atoms with Crippen molar-refractivity contribution in [2.45, 2.75) is 12.8 Å². The number of carbonyl (C=O) groups excluding carboxylic acids is 3. The van der Waals surface area contributed by atoms with Crippen molar-refractivity contribution in [2.75, 3.05) is 14.2 Å². The number of hydrogen-bond acceptors (Lipinski definition) is 7. The van der Waals surface area contributed by atoms with E-state index in [0.717, 1.165) is 7.11 Å². The molecule has 0 aliphatic heterocycles. The topological polar surface area (TPSA) is 110 Å². The van der Waals surface area contributed by atoms with Crippen molar-refractivity contribution in [3.63, 3.8) is 0 Å². The molecule has 0 atom stereocenters. The molecule has 0 unspecified atom stereocenters. The first-order valence-corrected chi connectivity index (χ1v) is 7.02. The third-order valence-electron chi connectivity index (χ3n) is 3.55. The molecule has 7 nitrogen and oxygen atoms in total. The molecule has 0 saturated heterocycles. The third-order valence-corrected chi connectivity index (χ3v) is 3.55. The van der Waals surface area contributed by atoms with Crippen LogP contribution in [0.1, 0.15) is 22.3 Å². The number of ketones is 1. The normalized spacial score (nSPS) is 10.4. The molecule has 0 aromatic heterocycles. The second-order valence-corrected chi connectivity index (χ2v) is 5.09. The minimum Gasteiger partial charge on any atom is -0.507 e. The Morgan fingerprint density at radius 1 is 1.08 bits per heavy atom. The van der Waals surface area contributed by atoms with E-state index in [9.17, 15) is 24.6 Å². The van der Waals surface area contributed by atoms with Crippen LogP contribution in [0.5, 0.6) is 11.5 Å². The van der Waals surface area contributed by atoms with Gasteiger partial charge in [-0.25, -0.2) is 4.79 Å². The first-order valence-electron chi connectivity index (χ1n) is 7.02. The van der Waals surface area contributed by atoms with Crippen LogP contribution >= 0.6 is 0 Å². The number of methoxy groups -OCH3 is 2. The number of esters is 2. The summed E-state index contributed by atoms with van der Waals surface area (Å²) in [5.74, 6) is -2.70. The number of benzene rings is 2. The van der Waals surface area contributed by atoms with Crippen molar-refractivity contribution in [2.24, 2.45) is 0 Å². The fourth-order valence-corrected chi connectivity index (χ4v) is 2.45. The van der Waals surface area contributed by atoms with Crippen molar-refractivity contribution in [1.29, 1.82) is 0 Å². The smallest absolute Gasteiger partial charge is 0.341 e. The van der Waals surface area contributed by atoms with E-state index in [0.29, 0.717) is 5.39 Å². The van der Waals surface area contributed by atoms with Gasteiger partial charge in [-0.05, 0) is 23.1 Å². The maximum absolute atomic E-state index is 12.0. The quantitative estimate of drug-likeness (QED) is 0.633. The van der Waals surface area contributed by atoms with Crippen LogP contribution in [0, 0.1) is 0 Å². The van der Waals surface area contributed by atoms with E-state index < -0.39 is 29.9 Å². The van der Waals surface area contributed by atoms with E-state index in [-0.39, 0.29) is 28.7 Å². The van der Waals surface area contributed by atoms with Gasteiger partial charge in [0.25, 0.3) is 0 Å². The van der Waals surface area contributed by atoms with Gasteiger partial charge in [0.1, 0.15) is 29.3 Å². The second-order valence-electron chi connectivity index (χ2n) is 5.09. The number of hydrogen-bond donors (Lipinski definition) is 2. The summed E-state index contributed by atoms with van der Waals surface area (Å²) < 4.78 is 9.08. The summed E-state index contributed by atoms with van der Waals surface area (Å²) in [5, 5.41) is 20.8. The minimum atomic E-state index is -0.849. The summed E-state index contributed by atoms with van der Waals surface area (Å²) in [6.07, 6.45) is -0.714. The maximum Gasteiger partial charge on any atom is 0.341 e. The minimum absolute atomic E-state index is 0.0852. The number of fused-ring (bicyclic) bond motifs is 1. The average molecular weight is 332 g/mol. The molecule has 0 saturated carbocycles. The molecule has 0 bridgehead atoms. The number of carbonyl (C=O) groups is 3. The fourth-order valence-electron chi connectivity index (χ4n) is 2.45. The molecule has 0 spiro atoms. The Balaban J connectivity index is 2.57. The summed E-state index contributed by atoms with van der Waals surface area (Å²) in [6, 6.07) is 6.04. The van der Waals surface area contributed by atoms with Crippen LogP contribution in [0.2, 0.25) is 0 Å². The van der Waals surface area contributed by atoms with Gasteiger partial charge < -0.3 is 19.7 Å². The monoisotopic (exact) mass is 332 g/mol.